The normalized spacial score (nSPS) is 13.6. The van der Waals surface area contributed by atoms with Crippen molar-refractivity contribution >= 4 is 10.9 Å². The van der Waals surface area contributed by atoms with Crippen LogP contribution in [-0.2, 0) is 19.5 Å². The molecule has 0 amide bonds. The van der Waals surface area contributed by atoms with Crippen LogP contribution in [0.2, 0.25) is 0 Å². The van der Waals surface area contributed by atoms with Gasteiger partial charge in [-0.25, -0.2) is 4.98 Å². The summed E-state index contributed by atoms with van der Waals surface area (Å²) in [5.41, 5.74) is 3.16. The van der Waals surface area contributed by atoms with Crippen molar-refractivity contribution in [2.24, 2.45) is 0 Å². The molecule has 0 spiro atoms. The van der Waals surface area contributed by atoms with Gasteiger partial charge in [0, 0.05) is 25.7 Å². The Balaban J connectivity index is 1.36. The number of benzene rings is 2. The molecule has 33 heavy (non-hydrogen) atoms. The zero-order valence-electron chi connectivity index (χ0n) is 19.7. The molecule has 0 saturated heterocycles. The Bertz CT molecular complexity index is 1190. The van der Waals surface area contributed by atoms with Crippen LogP contribution < -0.4 is 24.5 Å². The van der Waals surface area contributed by atoms with E-state index in [4.69, 9.17) is 18.9 Å². The Hall–Kier alpha value is -3.26. The molecule has 2 heterocycles. The van der Waals surface area contributed by atoms with Crippen LogP contribution in [0.15, 0.2) is 35.4 Å². The summed E-state index contributed by atoms with van der Waals surface area (Å²) in [5, 5.41) is 0.534. The first-order valence-electron chi connectivity index (χ1n) is 11.1. The molecular weight excluding hydrogens is 422 g/mol. The highest BCUT2D eigenvalue weighted by molar-refractivity contribution is 5.81. The minimum atomic E-state index is -0.0612. The molecule has 0 bridgehead atoms. The number of methoxy groups -OCH3 is 4. The molecule has 0 fully saturated rings. The van der Waals surface area contributed by atoms with Crippen LogP contribution in [0.5, 0.6) is 23.0 Å². The van der Waals surface area contributed by atoms with Gasteiger partial charge < -0.3 is 18.9 Å². The molecule has 3 aromatic rings. The van der Waals surface area contributed by atoms with Gasteiger partial charge in [0.25, 0.3) is 5.56 Å². The predicted molar refractivity (Wildman–Crippen MR) is 127 cm³/mol. The summed E-state index contributed by atoms with van der Waals surface area (Å²) >= 11 is 0. The summed E-state index contributed by atoms with van der Waals surface area (Å²) in [5.74, 6) is 2.65. The lowest BCUT2D eigenvalue weighted by molar-refractivity contribution is 0.246. The van der Waals surface area contributed by atoms with Crippen LogP contribution in [0.1, 0.15) is 24.0 Å². The molecule has 0 N–H and O–H groups in total. The summed E-state index contributed by atoms with van der Waals surface area (Å²) in [6.07, 6.45) is 4.51. The highest BCUT2D eigenvalue weighted by Crippen LogP contribution is 2.33. The van der Waals surface area contributed by atoms with Crippen molar-refractivity contribution in [3.8, 4) is 23.0 Å². The summed E-state index contributed by atoms with van der Waals surface area (Å²) in [6, 6.07) is 7.62. The van der Waals surface area contributed by atoms with Gasteiger partial charge in [0.1, 0.15) is 0 Å². The molecular formula is C25H31N3O5. The van der Waals surface area contributed by atoms with Gasteiger partial charge in [0.2, 0.25) is 0 Å². The lowest BCUT2D eigenvalue weighted by Crippen LogP contribution is -2.31. The number of aryl methyl sites for hydroxylation is 1. The van der Waals surface area contributed by atoms with Crippen molar-refractivity contribution in [1.82, 2.24) is 14.5 Å². The van der Waals surface area contributed by atoms with Crippen LogP contribution in [0.3, 0.4) is 0 Å². The van der Waals surface area contributed by atoms with Crippen molar-refractivity contribution in [2.45, 2.75) is 32.4 Å². The van der Waals surface area contributed by atoms with E-state index in [1.165, 1.54) is 11.1 Å². The van der Waals surface area contributed by atoms with Crippen LogP contribution in [0, 0.1) is 0 Å². The summed E-state index contributed by atoms with van der Waals surface area (Å²) in [7, 11) is 6.47. The van der Waals surface area contributed by atoms with Gasteiger partial charge in [-0.2, -0.15) is 0 Å². The molecule has 0 radical (unpaired) electrons. The number of hydrogen-bond donors (Lipinski definition) is 0. The molecule has 1 aromatic heterocycles. The van der Waals surface area contributed by atoms with E-state index < -0.39 is 0 Å². The Labute approximate surface area is 193 Å². The third-order valence-corrected chi connectivity index (χ3v) is 6.25. The summed E-state index contributed by atoms with van der Waals surface area (Å²) in [4.78, 5) is 19.8. The number of nitrogens with zero attached hydrogens (tertiary/aromatic N) is 3. The molecule has 8 heteroatoms. The van der Waals surface area contributed by atoms with Crippen molar-refractivity contribution in [3.63, 3.8) is 0 Å². The smallest absolute Gasteiger partial charge is 0.261 e. The van der Waals surface area contributed by atoms with E-state index in [2.05, 4.69) is 22.0 Å². The molecule has 0 saturated carbocycles. The van der Waals surface area contributed by atoms with E-state index in [9.17, 15) is 4.79 Å². The van der Waals surface area contributed by atoms with Gasteiger partial charge >= 0.3 is 0 Å². The molecule has 2 aromatic carbocycles. The fraction of sp³-hybridized carbons (Fsp3) is 0.440. The van der Waals surface area contributed by atoms with Crippen LogP contribution in [0.25, 0.3) is 10.9 Å². The molecule has 8 nitrogen and oxygen atoms in total. The number of ether oxygens (including phenoxy) is 4. The van der Waals surface area contributed by atoms with Gasteiger partial charge in [-0.15, -0.1) is 0 Å². The Morgan fingerprint density at radius 1 is 0.818 bits per heavy atom. The van der Waals surface area contributed by atoms with Crippen molar-refractivity contribution in [3.05, 3.63) is 52.1 Å². The van der Waals surface area contributed by atoms with Gasteiger partial charge in [-0.1, -0.05) is 0 Å². The average Bonchev–Trinajstić information content (AvgIpc) is 2.85. The topological polar surface area (TPSA) is 75.1 Å². The van der Waals surface area contributed by atoms with Gasteiger partial charge in [0.05, 0.1) is 45.7 Å². The summed E-state index contributed by atoms with van der Waals surface area (Å²) < 4.78 is 23.2. The fourth-order valence-corrected chi connectivity index (χ4v) is 4.39. The van der Waals surface area contributed by atoms with Crippen LogP contribution in [-0.4, -0.2) is 56.0 Å². The molecule has 1 aliphatic rings. The van der Waals surface area contributed by atoms with Crippen molar-refractivity contribution in [1.29, 1.82) is 0 Å². The van der Waals surface area contributed by atoms with Gasteiger partial charge in [0.15, 0.2) is 23.0 Å². The van der Waals surface area contributed by atoms with Crippen molar-refractivity contribution in [2.75, 3.05) is 41.5 Å². The second-order valence-electron chi connectivity index (χ2n) is 8.18. The Kier molecular flexibility index (Phi) is 7.03. The maximum atomic E-state index is 12.9. The highest BCUT2D eigenvalue weighted by atomic mass is 16.5. The summed E-state index contributed by atoms with van der Waals surface area (Å²) in [6.45, 7) is 3.52. The zero-order valence-corrected chi connectivity index (χ0v) is 19.7. The zero-order chi connectivity index (χ0) is 23.4. The highest BCUT2D eigenvalue weighted by Gasteiger charge is 2.19. The first-order valence-corrected chi connectivity index (χ1v) is 11.1. The second-order valence-corrected chi connectivity index (χ2v) is 8.18. The number of aromatic nitrogens is 2. The average molecular weight is 454 g/mol. The molecule has 176 valence electrons. The predicted octanol–water partition coefficient (Wildman–Crippen LogP) is 3.27. The van der Waals surface area contributed by atoms with E-state index in [1.54, 1.807) is 51.5 Å². The lowest BCUT2D eigenvalue weighted by Gasteiger charge is -2.29. The largest absolute Gasteiger partial charge is 0.493 e. The molecule has 0 atom stereocenters. The van der Waals surface area contributed by atoms with E-state index in [-0.39, 0.29) is 5.56 Å². The van der Waals surface area contributed by atoms with Gasteiger partial charge in [-0.3, -0.25) is 14.3 Å². The van der Waals surface area contributed by atoms with E-state index in [0.29, 0.717) is 28.9 Å². The number of fused-ring (bicyclic) bond motifs is 2. The Morgan fingerprint density at radius 3 is 2.12 bits per heavy atom. The monoisotopic (exact) mass is 453 g/mol. The number of hydrogen-bond acceptors (Lipinski definition) is 7. The fourth-order valence-electron chi connectivity index (χ4n) is 4.39. The van der Waals surface area contributed by atoms with Gasteiger partial charge in [-0.05, 0) is 55.1 Å². The Morgan fingerprint density at radius 2 is 1.42 bits per heavy atom. The maximum Gasteiger partial charge on any atom is 0.261 e. The molecule has 1 aliphatic heterocycles. The quantitative estimate of drug-likeness (QED) is 0.460. The molecule has 0 aliphatic carbocycles. The minimum absolute atomic E-state index is 0.0612. The van der Waals surface area contributed by atoms with E-state index in [0.717, 1.165) is 50.4 Å². The standard InChI is InChI=1S/C25H31N3O5/c1-30-21-11-17-7-10-27(15-18(17)12-22(21)31-2)8-5-6-9-28-16-26-20-14-24(33-4)23(32-3)13-19(20)25(28)29/h11-14,16H,5-10,15H2,1-4H3. The van der Waals surface area contributed by atoms with Crippen LogP contribution in [0.4, 0.5) is 0 Å². The first-order chi connectivity index (χ1) is 16.1. The maximum absolute atomic E-state index is 12.9. The van der Waals surface area contributed by atoms with E-state index in [1.807, 2.05) is 0 Å². The van der Waals surface area contributed by atoms with Crippen LogP contribution >= 0.6 is 0 Å². The third kappa shape index (κ3) is 4.75. The van der Waals surface area contributed by atoms with E-state index >= 15 is 0 Å². The number of rotatable bonds is 9. The SMILES string of the molecule is COc1cc2c(cc1OC)CN(CCCCn1cnc3cc(OC)c(OC)cc3c1=O)CC2. The lowest BCUT2D eigenvalue weighted by atomic mass is 9.98. The molecule has 0 unspecified atom stereocenters. The first kappa shape index (κ1) is 22.9. The molecule has 4 rings (SSSR count). The van der Waals surface area contributed by atoms with Crippen molar-refractivity contribution < 1.29 is 18.9 Å². The third-order valence-electron chi connectivity index (χ3n) is 6.25. The second kappa shape index (κ2) is 10.1. The number of unbranched alkanes of at least 4 members (excludes halogenated alkanes) is 1. The minimum Gasteiger partial charge on any atom is -0.493 e.